The molecule has 0 aliphatic heterocycles. The lowest BCUT2D eigenvalue weighted by Crippen LogP contribution is -2.12. The van der Waals surface area contributed by atoms with E-state index in [2.05, 4.69) is 26.2 Å². The van der Waals surface area contributed by atoms with Crippen molar-refractivity contribution < 1.29 is 13.9 Å². The van der Waals surface area contributed by atoms with Gasteiger partial charge in [0.05, 0.1) is 17.7 Å². The lowest BCUT2D eigenvalue weighted by atomic mass is 10.2. The largest absolute Gasteiger partial charge is 0.497 e. The minimum atomic E-state index is -0.348. The average molecular weight is 447 g/mol. The molecule has 0 saturated carbocycles. The minimum Gasteiger partial charge on any atom is -0.497 e. The molecule has 0 spiro atoms. The summed E-state index contributed by atoms with van der Waals surface area (Å²) in [5, 5.41) is 3.52. The Morgan fingerprint density at radius 1 is 1.19 bits per heavy atom. The van der Waals surface area contributed by atoms with Crippen LogP contribution in [0.4, 0.5) is 10.1 Å². The first-order valence-corrected chi connectivity index (χ1v) is 9.81. The van der Waals surface area contributed by atoms with E-state index < -0.39 is 0 Å². The Kier molecular flexibility index (Phi) is 6.47. The van der Waals surface area contributed by atoms with Gasteiger partial charge in [-0.3, -0.25) is 4.79 Å². The maximum absolute atomic E-state index is 12.9. The first kappa shape index (κ1) is 19.4. The van der Waals surface area contributed by atoms with Crippen molar-refractivity contribution in [2.45, 2.75) is 10.8 Å². The Labute approximate surface area is 169 Å². The molecule has 1 N–H and O–H groups in total. The molecule has 2 aromatic carbocycles. The summed E-state index contributed by atoms with van der Waals surface area (Å²) in [4.78, 5) is 16.6. The van der Waals surface area contributed by atoms with Crippen molar-refractivity contribution in [2.24, 2.45) is 0 Å². The maximum Gasteiger partial charge on any atom is 0.257 e. The fraction of sp³-hybridized carbons (Fsp3) is 0.100. The number of carbonyl (C=O) groups is 1. The number of aromatic nitrogens is 1. The number of anilines is 1. The van der Waals surface area contributed by atoms with Gasteiger partial charge in [0.2, 0.25) is 0 Å². The molecule has 138 valence electrons. The summed E-state index contributed by atoms with van der Waals surface area (Å²) in [6, 6.07) is 15.0. The van der Waals surface area contributed by atoms with E-state index in [9.17, 15) is 9.18 Å². The number of hydrogen-bond acceptors (Lipinski definition) is 4. The van der Waals surface area contributed by atoms with E-state index in [1.54, 1.807) is 31.0 Å². The molecule has 3 aromatic rings. The number of methoxy groups -OCH3 is 1. The van der Waals surface area contributed by atoms with Gasteiger partial charge in [0, 0.05) is 22.1 Å². The fourth-order valence-corrected chi connectivity index (χ4v) is 3.68. The van der Waals surface area contributed by atoms with E-state index >= 15 is 0 Å². The van der Waals surface area contributed by atoms with Gasteiger partial charge in [-0.25, -0.2) is 9.37 Å². The molecular formula is C20H16BrFN2O2S. The highest BCUT2D eigenvalue weighted by atomic mass is 79.9. The van der Waals surface area contributed by atoms with Crippen molar-refractivity contribution in [2.75, 3.05) is 12.4 Å². The van der Waals surface area contributed by atoms with Gasteiger partial charge in [-0.05, 0) is 60.2 Å². The number of hydrogen-bond donors (Lipinski definition) is 1. The summed E-state index contributed by atoms with van der Waals surface area (Å²) in [6.45, 7) is 0. The smallest absolute Gasteiger partial charge is 0.257 e. The summed E-state index contributed by atoms with van der Waals surface area (Å²) in [6.07, 6.45) is 1.53. The number of thioether (sulfide) groups is 1. The van der Waals surface area contributed by atoms with Crippen LogP contribution in [0, 0.1) is 5.82 Å². The van der Waals surface area contributed by atoms with Crippen LogP contribution in [-0.2, 0) is 5.75 Å². The SMILES string of the molecule is COc1ccc(Br)c(CSc2ccc(C(=O)Nc3ccc(F)cc3)cn2)c1. The fourth-order valence-electron chi connectivity index (χ4n) is 2.28. The normalized spacial score (nSPS) is 10.5. The van der Waals surface area contributed by atoms with E-state index in [1.165, 1.54) is 30.5 Å². The van der Waals surface area contributed by atoms with Gasteiger partial charge < -0.3 is 10.1 Å². The van der Waals surface area contributed by atoms with Crippen molar-refractivity contribution >= 4 is 39.3 Å². The number of amides is 1. The molecular weight excluding hydrogens is 431 g/mol. The molecule has 1 amide bonds. The number of ether oxygens (including phenoxy) is 1. The zero-order chi connectivity index (χ0) is 19.2. The van der Waals surface area contributed by atoms with Gasteiger partial charge in [0.15, 0.2) is 0 Å². The van der Waals surface area contributed by atoms with Gasteiger partial charge >= 0.3 is 0 Å². The summed E-state index contributed by atoms with van der Waals surface area (Å²) < 4.78 is 19.2. The predicted octanol–water partition coefficient (Wildman–Crippen LogP) is 5.54. The molecule has 0 aliphatic carbocycles. The van der Waals surface area contributed by atoms with Crippen molar-refractivity contribution in [3.63, 3.8) is 0 Å². The summed E-state index contributed by atoms with van der Waals surface area (Å²) >= 11 is 5.10. The van der Waals surface area contributed by atoms with Crippen LogP contribution < -0.4 is 10.1 Å². The molecule has 27 heavy (non-hydrogen) atoms. The third kappa shape index (κ3) is 5.30. The zero-order valence-corrected chi connectivity index (χ0v) is 16.8. The lowest BCUT2D eigenvalue weighted by molar-refractivity contribution is 0.102. The van der Waals surface area contributed by atoms with Crippen LogP contribution in [0.25, 0.3) is 0 Å². The second-order valence-electron chi connectivity index (χ2n) is 5.59. The monoisotopic (exact) mass is 446 g/mol. The van der Waals surface area contributed by atoms with Crippen LogP contribution in [0.2, 0.25) is 0 Å². The molecule has 0 bridgehead atoms. The van der Waals surface area contributed by atoms with Crippen molar-refractivity contribution in [3.8, 4) is 5.75 Å². The standard InChI is InChI=1S/C20H16BrFN2O2S/c1-26-17-7-8-18(21)14(10-17)12-27-19-9-2-13(11-23-19)20(25)24-16-5-3-15(22)4-6-16/h2-11H,12H2,1H3,(H,24,25). The first-order chi connectivity index (χ1) is 13.0. The number of carbonyl (C=O) groups excluding carboxylic acids is 1. The Morgan fingerprint density at radius 2 is 1.96 bits per heavy atom. The molecule has 1 aromatic heterocycles. The highest BCUT2D eigenvalue weighted by Crippen LogP contribution is 2.29. The molecule has 3 rings (SSSR count). The molecule has 0 saturated heterocycles. The third-order valence-corrected chi connectivity index (χ3v) is 5.50. The summed E-state index contributed by atoms with van der Waals surface area (Å²) in [5.74, 6) is 0.876. The number of rotatable bonds is 6. The van der Waals surface area contributed by atoms with Crippen LogP contribution in [0.15, 0.2) is 70.3 Å². The highest BCUT2D eigenvalue weighted by molar-refractivity contribution is 9.10. The van der Waals surface area contributed by atoms with Crippen molar-refractivity contribution in [3.05, 3.63) is 82.2 Å². The Balaban J connectivity index is 1.61. The van der Waals surface area contributed by atoms with E-state index in [1.807, 2.05) is 18.2 Å². The molecule has 0 unspecified atom stereocenters. The minimum absolute atomic E-state index is 0.291. The maximum atomic E-state index is 12.9. The second kappa shape index (κ2) is 9.01. The van der Waals surface area contributed by atoms with E-state index in [0.717, 1.165) is 20.8 Å². The third-order valence-electron chi connectivity index (χ3n) is 3.73. The van der Waals surface area contributed by atoms with Gasteiger partial charge in [-0.15, -0.1) is 11.8 Å². The van der Waals surface area contributed by atoms with Gasteiger partial charge in [0.1, 0.15) is 11.6 Å². The van der Waals surface area contributed by atoms with Crippen LogP contribution in [0.5, 0.6) is 5.75 Å². The quantitative estimate of drug-likeness (QED) is 0.505. The average Bonchev–Trinajstić information content (AvgIpc) is 2.69. The topological polar surface area (TPSA) is 51.2 Å². The van der Waals surface area contributed by atoms with Crippen LogP contribution >= 0.6 is 27.7 Å². The van der Waals surface area contributed by atoms with Crippen LogP contribution in [-0.4, -0.2) is 18.0 Å². The zero-order valence-electron chi connectivity index (χ0n) is 14.4. The van der Waals surface area contributed by atoms with Gasteiger partial charge in [-0.2, -0.15) is 0 Å². The predicted molar refractivity (Wildman–Crippen MR) is 109 cm³/mol. The van der Waals surface area contributed by atoms with E-state index in [-0.39, 0.29) is 11.7 Å². The molecule has 1 heterocycles. The number of benzene rings is 2. The molecule has 0 aliphatic rings. The second-order valence-corrected chi connectivity index (χ2v) is 7.44. The van der Waals surface area contributed by atoms with Crippen LogP contribution in [0.1, 0.15) is 15.9 Å². The summed E-state index contributed by atoms with van der Waals surface area (Å²) in [5.41, 5.74) is 2.06. The van der Waals surface area contributed by atoms with Crippen molar-refractivity contribution in [1.82, 2.24) is 4.98 Å². The van der Waals surface area contributed by atoms with E-state index in [0.29, 0.717) is 17.0 Å². The Bertz CT molecular complexity index is 934. The highest BCUT2D eigenvalue weighted by Gasteiger charge is 2.08. The van der Waals surface area contributed by atoms with Crippen LogP contribution in [0.3, 0.4) is 0 Å². The van der Waals surface area contributed by atoms with E-state index in [4.69, 9.17) is 4.74 Å². The van der Waals surface area contributed by atoms with Crippen molar-refractivity contribution in [1.29, 1.82) is 0 Å². The Hall–Kier alpha value is -2.38. The first-order valence-electron chi connectivity index (χ1n) is 8.03. The number of nitrogens with one attached hydrogen (secondary N) is 1. The number of nitrogens with zero attached hydrogens (tertiary/aromatic N) is 1. The molecule has 7 heteroatoms. The lowest BCUT2D eigenvalue weighted by Gasteiger charge is -2.08. The number of halogens is 2. The summed E-state index contributed by atoms with van der Waals surface area (Å²) in [7, 11) is 1.64. The number of pyridine rings is 1. The molecule has 0 radical (unpaired) electrons. The Morgan fingerprint density at radius 3 is 2.63 bits per heavy atom. The molecule has 0 fully saturated rings. The molecule has 0 atom stereocenters. The van der Waals surface area contributed by atoms with Gasteiger partial charge in [-0.1, -0.05) is 15.9 Å². The van der Waals surface area contributed by atoms with Gasteiger partial charge in [0.25, 0.3) is 5.91 Å². The molecule has 4 nitrogen and oxygen atoms in total.